The maximum Gasteiger partial charge on any atom is 0.0545 e. The van der Waals surface area contributed by atoms with E-state index in [0.717, 1.165) is 6.42 Å². The van der Waals surface area contributed by atoms with Crippen molar-refractivity contribution < 1.29 is 5.11 Å². The molecule has 0 aromatic rings. The Balaban J connectivity index is 3.84. The largest absolute Gasteiger partial charge is 0.393 e. The van der Waals surface area contributed by atoms with Crippen LogP contribution in [0.15, 0.2) is 12.7 Å². The van der Waals surface area contributed by atoms with Gasteiger partial charge in [-0.05, 0) is 25.2 Å². The minimum Gasteiger partial charge on any atom is -0.393 e. The van der Waals surface area contributed by atoms with Crippen LogP contribution in [-0.4, -0.2) is 11.2 Å². The average molecular weight is 142 g/mol. The summed E-state index contributed by atoms with van der Waals surface area (Å²) in [5.74, 6) is 0.912. The van der Waals surface area contributed by atoms with Crippen LogP contribution in [0, 0.1) is 11.8 Å². The number of aliphatic hydroxyl groups is 1. The van der Waals surface area contributed by atoms with Gasteiger partial charge in [0.25, 0.3) is 0 Å². The van der Waals surface area contributed by atoms with Crippen LogP contribution in [0.3, 0.4) is 0 Å². The van der Waals surface area contributed by atoms with Gasteiger partial charge in [0, 0.05) is 0 Å². The molecule has 2 atom stereocenters. The summed E-state index contributed by atoms with van der Waals surface area (Å²) in [4.78, 5) is 0. The molecule has 10 heavy (non-hydrogen) atoms. The van der Waals surface area contributed by atoms with E-state index < -0.39 is 0 Å². The standard InChI is InChI=1S/C9H18O/c1-5-6-9(7(2)3)8(4)10/h5,7-10H,1,6H2,2-4H3/t8-,9?/m0/s1. The number of aliphatic hydroxyl groups excluding tert-OH is 1. The zero-order valence-electron chi connectivity index (χ0n) is 7.17. The van der Waals surface area contributed by atoms with E-state index in [1.807, 2.05) is 13.0 Å². The molecule has 0 saturated heterocycles. The van der Waals surface area contributed by atoms with Gasteiger partial charge in [-0.2, -0.15) is 0 Å². The normalized spacial score (nSPS) is 16.9. The van der Waals surface area contributed by atoms with Gasteiger partial charge in [0.2, 0.25) is 0 Å². The van der Waals surface area contributed by atoms with Crippen molar-refractivity contribution in [1.29, 1.82) is 0 Å². The highest BCUT2D eigenvalue weighted by molar-refractivity contribution is 4.78. The fraction of sp³-hybridized carbons (Fsp3) is 0.778. The van der Waals surface area contributed by atoms with Gasteiger partial charge in [0.1, 0.15) is 0 Å². The summed E-state index contributed by atoms with van der Waals surface area (Å²) in [6.07, 6.45) is 2.57. The van der Waals surface area contributed by atoms with E-state index in [4.69, 9.17) is 0 Å². The summed E-state index contributed by atoms with van der Waals surface area (Å²) in [5, 5.41) is 9.27. The Hall–Kier alpha value is -0.300. The molecule has 0 aliphatic carbocycles. The zero-order valence-corrected chi connectivity index (χ0v) is 7.17. The van der Waals surface area contributed by atoms with Crippen LogP contribution in [0.4, 0.5) is 0 Å². The Morgan fingerprint density at radius 1 is 1.40 bits per heavy atom. The van der Waals surface area contributed by atoms with E-state index in [-0.39, 0.29) is 6.10 Å². The highest BCUT2D eigenvalue weighted by Gasteiger charge is 2.16. The zero-order chi connectivity index (χ0) is 8.15. The van der Waals surface area contributed by atoms with Crippen LogP contribution >= 0.6 is 0 Å². The van der Waals surface area contributed by atoms with Gasteiger partial charge in [-0.15, -0.1) is 6.58 Å². The SMILES string of the molecule is C=CCC(C(C)C)[C@H](C)O. The van der Waals surface area contributed by atoms with Crippen molar-refractivity contribution in [2.24, 2.45) is 11.8 Å². The van der Waals surface area contributed by atoms with Crippen molar-refractivity contribution in [3.05, 3.63) is 12.7 Å². The molecule has 0 saturated carbocycles. The first-order chi connectivity index (χ1) is 4.59. The molecule has 60 valence electrons. The van der Waals surface area contributed by atoms with Crippen molar-refractivity contribution in [1.82, 2.24) is 0 Å². The molecular formula is C9H18O. The number of allylic oxidation sites excluding steroid dienone is 1. The van der Waals surface area contributed by atoms with Gasteiger partial charge >= 0.3 is 0 Å². The van der Waals surface area contributed by atoms with E-state index in [0.29, 0.717) is 11.8 Å². The Morgan fingerprint density at radius 2 is 1.90 bits per heavy atom. The van der Waals surface area contributed by atoms with E-state index >= 15 is 0 Å². The molecule has 1 unspecified atom stereocenters. The molecule has 0 aliphatic rings. The summed E-state index contributed by atoms with van der Waals surface area (Å²) in [6, 6.07) is 0. The lowest BCUT2D eigenvalue weighted by molar-refractivity contribution is 0.0994. The summed E-state index contributed by atoms with van der Waals surface area (Å²) < 4.78 is 0. The molecular weight excluding hydrogens is 124 g/mol. The van der Waals surface area contributed by atoms with Gasteiger partial charge in [0.05, 0.1) is 6.10 Å². The van der Waals surface area contributed by atoms with Gasteiger partial charge in [-0.1, -0.05) is 19.9 Å². The second-order valence-electron chi connectivity index (χ2n) is 3.17. The first-order valence-corrected chi connectivity index (χ1v) is 3.88. The first-order valence-electron chi connectivity index (χ1n) is 3.88. The monoisotopic (exact) mass is 142 g/mol. The molecule has 0 bridgehead atoms. The maximum atomic E-state index is 9.27. The van der Waals surface area contributed by atoms with Crippen LogP contribution in [0.25, 0.3) is 0 Å². The maximum absolute atomic E-state index is 9.27. The molecule has 0 fully saturated rings. The van der Waals surface area contributed by atoms with Crippen molar-refractivity contribution in [3.63, 3.8) is 0 Å². The van der Waals surface area contributed by atoms with Crippen LogP contribution < -0.4 is 0 Å². The van der Waals surface area contributed by atoms with Gasteiger partial charge in [-0.3, -0.25) is 0 Å². The van der Waals surface area contributed by atoms with Crippen molar-refractivity contribution >= 4 is 0 Å². The second-order valence-corrected chi connectivity index (χ2v) is 3.17. The van der Waals surface area contributed by atoms with Gasteiger partial charge in [0.15, 0.2) is 0 Å². The summed E-state index contributed by atoms with van der Waals surface area (Å²) in [6.45, 7) is 9.75. The Kier molecular flexibility index (Phi) is 4.37. The number of rotatable bonds is 4. The Bertz CT molecular complexity index is 86.9. The number of hydrogen-bond donors (Lipinski definition) is 1. The molecule has 1 N–H and O–H groups in total. The lowest BCUT2D eigenvalue weighted by Crippen LogP contribution is -2.21. The minimum atomic E-state index is -0.210. The molecule has 0 heterocycles. The second kappa shape index (κ2) is 4.51. The average Bonchev–Trinajstić information content (AvgIpc) is 1.81. The van der Waals surface area contributed by atoms with Crippen molar-refractivity contribution in [2.45, 2.75) is 33.3 Å². The summed E-state index contributed by atoms with van der Waals surface area (Å²) in [7, 11) is 0. The van der Waals surface area contributed by atoms with E-state index in [2.05, 4.69) is 20.4 Å². The quantitative estimate of drug-likeness (QED) is 0.597. The predicted molar refractivity (Wildman–Crippen MR) is 44.8 cm³/mol. The minimum absolute atomic E-state index is 0.210. The molecule has 0 radical (unpaired) electrons. The van der Waals surface area contributed by atoms with E-state index in [9.17, 15) is 5.11 Å². The smallest absolute Gasteiger partial charge is 0.0545 e. The van der Waals surface area contributed by atoms with E-state index in [1.54, 1.807) is 0 Å². The lowest BCUT2D eigenvalue weighted by atomic mass is 9.88. The van der Waals surface area contributed by atoms with Crippen LogP contribution in [0.1, 0.15) is 27.2 Å². The van der Waals surface area contributed by atoms with Crippen LogP contribution in [-0.2, 0) is 0 Å². The topological polar surface area (TPSA) is 20.2 Å². The predicted octanol–water partition coefficient (Wildman–Crippen LogP) is 2.22. The molecule has 0 amide bonds. The Labute approximate surface area is 63.8 Å². The first kappa shape index (κ1) is 9.70. The molecule has 0 aromatic heterocycles. The number of hydrogen-bond acceptors (Lipinski definition) is 1. The van der Waals surface area contributed by atoms with Crippen molar-refractivity contribution in [3.8, 4) is 0 Å². The fourth-order valence-electron chi connectivity index (χ4n) is 1.22. The van der Waals surface area contributed by atoms with Crippen molar-refractivity contribution in [2.75, 3.05) is 0 Å². The summed E-state index contributed by atoms with van der Waals surface area (Å²) >= 11 is 0. The third-order valence-corrected chi connectivity index (χ3v) is 1.91. The van der Waals surface area contributed by atoms with Crippen LogP contribution in [0.5, 0.6) is 0 Å². The third-order valence-electron chi connectivity index (χ3n) is 1.91. The summed E-state index contributed by atoms with van der Waals surface area (Å²) in [5.41, 5.74) is 0. The van der Waals surface area contributed by atoms with Crippen LogP contribution in [0.2, 0.25) is 0 Å². The Morgan fingerprint density at radius 3 is 2.00 bits per heavy atom. The molecule has 0 rings (SSSR count). The third kappa shape index (κ3) is 3.02. The lowest BCUT2D eigenvalue weighted by Gasteiger charge is -2.21. The fourth-order valence-corrected chi connectivity index (χ4v) is 1.22. The molecule has 0 spiro atoms. The van der Waals surface area contributed by atoms with Gasteiger partial charge in [-0.25, -0.2) is 0 Å². The van der Waals surface area contributed by atoms with Gasteiger partial charge < -0.3 is 5.11 Å². The molecule has 0 aliphatic heterocycles. The molecule has 1 heteroatoms. The highest BCUT2D eigenvalue weighted by Crippen LogP contribution is 2.19. The highest BCUT2D eigenvalue weighted by atomic mass is 16.3. The molecule has 0 aromatic carbocycles. The van der Waals surface area contributed by atoms with E-state index in [1.165, 1.54) is 0 Å². The molecule has 1 nitrogen and oxygen atoms in total.